The van der Waals surface area contributed by atoms with E-state index in [9.17, 15) is 0 Å². The second-order valence-corrected chi connectivity index (χ2v) is 9.54. The van der Waals surface area contributed by atoms with Crippen LogP contribution in [0.25, 0.3) is 17.1 Å². The fourth-order valence-corrected chi connectivity index (χ4v) is 5.15. The summed E-state index contributed by atoms with van der Waals surface area (Å²) in [6.07, 6.45) is 1.80. The zero-order valence-electron chi connectivity index (χ0n) is 17.8. The van der Waals surface area contributed by atoms with E-state index >= 15 is 0 Å². The number of para-hydroxylation sites is 1. The average molecular weight is 503 g/mol. The lowest BCUT2D eigenvalue weighted by Crippen LogP contribution is -2.07. The lowest BCUT2D eigenvalue weighted by Gasteiger charge is -2.18. The molecule has 0 bridgehead atoms. The van der Waals surface area contributed by atoms with Crippen LogP contribution in [0.15, 0.2) is 65.8 Å². The number of hydrogen-bond donors (Lipinski definition) is 0. The van der Waals surface area contributed by atoms with Gasteiger partial charge in [0, 0.05) is 21.4 Å². The predicted molar refractivity (Wildman–Crippen MR) is 137 cm³/mol. The molecule has 0 saturated carbocycles. The number of rotatable bonds is 7. The molecule has 1 aromatic heterocycles. The Morgan fingerprint density at radius 1 is 0.812 bits per heavy atom. The summed E-state index contributed by atoms with van der Waals surface area (Å²) in [6.45, 7) is 4.33. The molecule has 7 heteroatoms. The third-order valence-corrected chi connectivity index (χ3v) is 7.08. The lowest BCUT2D eigenvalue weighted by atomic mass is 10.0. The van der Waals surface area contributed by atoms with Crippen molar-refractivity contribution in [1.29, 1.82) is 0 Å². The highest BCUT2D eigenvalue weighted by molar-refractivity contribution is 7.98. The molecule has 0 amide bonds. The molecule has 0 aliphatic rings. The number of thioether (sulfide) groups is 1. The maximum atomic E-state index is 6.58. The van der Waals surface area contributed by atoms with Crippen LogP contribution in [-0.2, 0) is 18.6 Å². The molecule has 3 nitrogen and oxygen atoms in total. The van der Waals surface area contributed by atoms with Crippen LogP contribution in [0.3, 0.4) is 0 Å². The van der Waals surface area contributed by atoms with E-state index in [4.69, 9.17) is 34.8 Å². The van der Waals surface area contributed by atoms with Crippen molar-refractivity contribution < 1.29 is 0 Å². The monoisotopic (exact) mass is 501 g/mol. The second-order valence-electron chi connectivity index (χ2n) is 7.31. The van der Waals surface area contributed by atoms with Crippen LogP contribution in [0, 0.1) is 0 Å². The molecular formula is C25H22Cl3N3S. The summed E-state index contributed by atoms with van der Waals surface area (Å²) in [5.41, 5.74) is 5.57. The summed E-state index contributed by atoms with van der Waals surface area (Å²) in [4.78, 5) is 0. The largest absolute Gasteiger partial charge is 0.269 e. The zero-order chi connectivity index (χ0) is 22.7. The second kappa shape index (κ2) is 10.3. The van der Waals surface area contributed by atoms with Crippen molar-refractivity contribution in [2.24, 2.45) is 0 Å². The number of aromatic nitrogens is 3. The first-order valence-corrected chi connectivity index (χ1v) is 12.5. The molecule has 0 N–H and O–H groups in total. The van der Waals surface area contributed by atoms with Crippen molar-refractivity contribution in [3.8, 4) is 17.1 Å². The van der Waals surface area contributed by atoms with E-state index in [0.29, 0.717) is 15.9 Å². The number of nitrogens with zero attached hydrogens (tertiary/aromatic N) is 3. The Morgan fingerprint density at radius 2 is 1.47 bits per heavy atom. The minimum atomic E-state index is 0.549. The van der Waals surface area contributed by atoms with E-state index in [-0.39, 0.29) is 0 Å². The fourth-order valence-electron chi connectivity index (χ4n) is 3.64. The molecule has 4 aromatic rings. The van der Waals surface area contributed by atoms with Gasteiger partial charge in [-0.2, -0.15) is 0 Å². The Labute approximate surface area is 207 Å². The van der Waals surface area contributed by atoms with Crippen LogP contribution >= 0.6 is 46.6 Å². The number of aryl methyl sites for hydroxylation is 2. The minimum absolute atomic E-state index is 0.549. The van der Waals surface area contributed by atoms with Crippen LogP contribution in [0.2, 0.25) is 15.1 Å². The van der Waals surface area contributed by atoms with Gasteiger partial charge in [0.05, 0.1) is 10.7 Å². The van der Waals surface area contributed by atoms with Crippen LogP contribution < -0.4 is 0 Å². The van der Waals surface area contributed by atoms with Crippen molar-refractivity contribution in [3.63, 3.8) is 0 Å². The Bertz CT molecular complexity index is 1210. The van der Waals surface area contributed by atoms with E-state index in [1.807, 2.05) is 36.4 Å². The van der Waals surface area contributed by atoms with E-state index in [1.54, 1.807) is 17.8 Å². The summed E-state index contributed by atoms with van der Waals surface area (Å²) in [5, 5.41) is 11.8. The summed E-state index contributed by atoms with van der Waals surface area (Å²) in [7, 11) is 0. The molecule has 0 atom stereocenters. The van der Waals surface area contributed by atoms with E-state index in [1.165, 1.54) is 16.7 Å². The molecule has 0 aliphatic carbocycles. The molecule has 4 rings (SSSR count). The Morgan fingerprint density at radius 3 is 2.09 bits per heavy atom. The third kappa shape index (κ3) is 4.84. The van der Waals surface area contributed by atoms with Gasteiger partial charge in [0.2, 0.25) is 0 Å². The highest BCUT2D eigenvalue weighted by atomic mass is 35.5. The van der Waals surface area contributed by atoms with Gasteiger partial charge in [0.25, 0.3) is 0 Å². The highest BCUT2D eigenvalue weighted by Gasteiger charge is 2.22. The van der Waals surface area contributed by atoms with Gasteiger partial charge < -0.3 is 0 Å². The summed E-state index contributed by atoms with van der Waals surface area (Å²) < 4.78 is 2.15. The predicted octanol–water partition coefficient (Wildman–Crippen LogP) is 8.31. The van der Waals surface area contributed by atoms with Gasteiger partial charge in [-0.25, -0.2) is 0 Å². The van der Waals surface area contributed by atoms with Crippen molar-refractivity contribution in [2.75, 3.05) is 0 Å². The summed E-state index contributed by atoms with van der Waals surface area (Å²) in [5.74, 6) is 1.46. The molecule has 0 radical (unpaired) electrons. The Kier molecular flexibility index (Phi) is 7.47. The fraction of sp³-hybridized carbons (Fsp3) is 0.200. The van der Waals surface area contributed by atoms with Crippen molar-refractivity contribution in [3.05, 3.63) is 92.4 Å². The Balaban J connectivity index is 1.87. The van der Waals surface area contributed by atoms with Crippen LogP contribution in [-0.4, -0.2) is 14.8 Å². The third-order valence-electron chi connectivity index (χ3n) is 5.28. The standard InChI is InChI=1S/C25H22Cl3N3S/c1-3-17-6-5-7-18(4-2)23(17)31-24(21-13-12-20(27)14-22(21)28)29-30-25(31)32-15-16-8-10-19(26)11-9-16/h5-14H,3-4,15H2,1-2H3. The first-order chi connectivity index (χ1) is 15.5. The van der Waals surface area contributed by atoms with Gasteiger partial charge in [-0.15, -0.1) is 10.2 Å². The van der Waals surface area contributed by atoms with Crippen LogP contribution in [0.1, 0.15) is 30.5 Å². The molecule has 0 spiro atoms. The van der Waals surface area contributed by atoms with Gasteiger partial charge in [-0.1, -0.05) is 90.7 Å². The molecule has 0 saturated heterocycles. The Hall–Kier alpha value is -1.98. The number of benzene rings is 3. The molecule has 164 valence electrons. The van der Waals surface area contributed by atoms with E-state index < -0.39 is 0 Å². The van der Waals surface area contributed by atoms with Gasteiger partial charge in [0.15, 0.2) is 11.0 Å². The normalized spacial score (nSPS) is 11.2. The van der Waals surface area contributed by atoms with Crippen molar-refractivity contribution in [1.82, 2.24) is 14.8 Å². The minimum Gasteiger partial charge on any atom is -0.269 e. The van der Waals surface area contributed by atoms with Gasteiger partial charge in [0.1, 0.15) is 0 Å². The maximum absolute atomic E-state index is 6.58. The molecule has 32 heavy (non-hydrogen) atoms. The average Bonchev–Trinajstić information content (AvgIpc) is 3.21. The molecular weight excluding hydrogens is 481 g/mol. The van der Waals surface area contributed by atoms with Gasteiger partial charge in [-0.05, 0) is 59.9 Å². The van der Waals surface area contributed by atoms with Gasteiger partial charge >= 0.3 is 0 Å². The topological polar surface area (TPSA) is 30.7 Å². The molecule has 1 heterocycles. The summed E-state index contributed by atoms with van der Waals surface area (Å²) >= 11 is 20.4. The lowest BCUT2D eigenvalue weighted by molar-refractivity contribution is 0.857. The van der Waals surface area contributed by atoms with E-state index in [0.717, 1.165) is 40.0 Å². The highest BCUT2D eigenvalue weighted by Crippen LogP contribution is 2.36. The van der Waals surface area contributed by atoms with Crippen molar-refractivity contribution >= 4 is 46.6 Å². The van der Waals surface area contributed by atoms with Crippen LogP contribution in [0.5, 0.6) is 0 Å². The molecule has 0 fully saturated rings. The first kappa shape index (κ1) is 23.2. The smallest absolute Gasteiger partial charge is 0.196 e. The molecule has 0 aliphatic heterocycles. The van der Waals surface area contributed by atoms with Crippen LogP contribution in [0.4, 0.5) is 0 Å². The molecule has 0 unspecified atom stereocenters. The van der Waals surface area contributed by atoms with Crippen molar-refractivity contribution in [2.45, 2.75) is 37.6 Å². The quantitative estimate of drug-likeness (QED) is 0.238. The number of halogens is 3. The SMILES string of the molecule is CCc1cccc(CC)c1-n1c(SCc2ccc(Cl)cc2)nnc1-c1ccc(Cl)cc1Cl. The summed E-state index contributed by atoms with van der Waals surface area (Å²) in [6, 6.07) is 19.8. The molecule has 3 aromatic carbocycles. The van der Waals surface area contributed by atoms with E-state index in [2.05, 4.69) is 46.8 Å². The maximum Gasteiger partial charge on any atom is 0.196 e. The van der Waals surface area contributed by atoms with Gasteiger partial charge in [-0.3, -0.25) is 4.57 Å². The first-order valence-electron chi connectivity index (χ1n) is 10.4. The number of hydrogen-bond acceptors (Lipinski definition) is 3. The zero-order valence-corrected chi connectivity index (χ0v) is 20.9.